The molecule has 0 aromatic heterocycles. The second kappa shape index (κ2) is 20.7. The Hall–Kier alpha value is -3.11. The quantitative estimate of drug-likeness (QED) is 0.0667. The van der Waals surface area contributed by atoms with Gasteiger partial charge in [-0.25, -0.2) is 4.79 Å². The Morgan fingerprint density at radius 3 is 1.58 bits per heavy atom. The fourth-order valence-electron chi connectivity index (χ4n) is 5.22. The van der Waals surface area contributed by atoms with Gasteiger partial charge < -0.3 is 14.2 Å². The van der Waals surface area contributed by atoms with Gasteiger partial charge in [-0.05, 0) is 72.9 Å². The lowest BCUT2D eigenvalue weighted by atomic mass is 10.0. The molecule has 3 aromatic rings. The number of ether oxygens (including phenoxy) is 3. The lowest BCUT2D eigenvalue weighted by molar-refractivity contribution is 0.0662. The molecule has 0 fully saturated rings. The zero-order valence-corrected chi connectivity index (χ0v) is 27.0. The van der Waals surface area contributed by atoms with Crippen molar-refractivity contribution in [3.63, 3.8) is 0 Å². The Balaban J connectivity index is 1.30. The van der Waals surface area contributed by atoms with Crippen LogP contribution in [0.25, 0.3) is 11.1 Å². The second-order valence-electron chi connectivity index (χ2n) is 11.7. The average Bonchev–Trinajstić information content (AvgIpc) is 3.04. The molecule has 0 aliphatic rings. The zero-order valence-electron chi connectivity index (χ0n) is 27.0. The van der Waals surface area contributed by atoms with Gasteiger partial charge in [0.1, 0.15) is 11.5 Å². The maximum absolute atomic E-state index is 12.7. The van der Waals surface area contributed by atoms with Gasteiger partial charge in [0.25, 0.3) is 0 Å². The third kappa shape index (κ3) is 13.4. The first-order chi connectivity index (χ1) is 21.1. The molecule has 3 rings (SSSR count). The van der Waals surface area contributed by atoms with E-state index in [1.54, 1.807) is 0 Å². The summed E-state index contributed by atoms with van der Waals surface area (Å²) in [7, 11) is 0. The average molecular weight is 587 g/mol. The highest BCUT2D eigenvalue weighted by molar-refractivity contribution is 5.91. The maximum Gasteiger partial charge on any atom is 0.343 e. The number of unbranched alkanes of at least 4 members (excludes halogenated alkanes) is 12. The fourth-order valence-corrected chi connectivity index (χ4v) is 5.22. The third-order valence-electron chi connectivity index (χ3n) is 7.96. The van der Waals surface area contributed by atoms with Crippen LogP contribution in [-0.4, -0.2) is 19.2 Å². The summed E-state index contributed by atoms with van der Waals surface area (Å²) >= 11 is 0. The Labute approximate surface area is 261 Å². The molecule has 43 heavy (non-hydrogen) atoms. The summed E-state index contributed by atoms with van der Waals surface area (Å²) in [5, 5.41) is 0. The Morgan fingerprint density at radius 1 is 0.558 bits per heavy atom. The molecule has 0 saturated heterocycles. The van der Waals surface area contributed by atoms with Gasteiger partial charge in [-0.3, -0.25) is 0 Å². The molecule has 3 aromatic carbocycles. The van der Waals surface area contributed by atoms with Gasteiger partial charge in [-0.1, -0.05) is 127 Å². The minimum absolute atomic E-state index is 0.0157. The van der Waals surface area contributed by atoms with Crippen molar-refractivity contribution in [3.05, 3.63) is 83.9 Å². The molecule has 0 heterocycles. The molecule has 0 aliphatic carbocycles. The first-order valence-electron chi connectivity index (χ1n) is 16.9. The topological polar surface area (TPSA) is 44.8 Å². The van der Waals surface area contributed by atoms with Crippen molar-refractivity contribution >= 4 is 5.97 Å². The second-order valence-corrected chi connectivity index (χ2v) is 11.7. The molecule has 1 atom stereocenters. The molecule has 0 radical (unpaired) electrons. The van der Waals surface area contributed by atoms with E-state index < -0.39 is 0 Å². The van der Waals surface area contributed by atoms with Crippen LogP contribution < -0.4 is 9.47 Å². The summed E-state index contributed by atoms with van der Waals surface area (Å²) in [5.74, 6) is 1.06. The zero-order chi connectivity index (χ0) is 30.5. The van der Waals surface area contributed by atoms with Crippen molar-refractivity contribution in [2.45, 2.75) is 117 Å². The number of rotatable bonds is 22. The van der Waals surface area contributed by atoms with E-state index in [2.05, 4.69) is 26.0 Å². The summed E-state index contributed by atoms with van der Waals surface area (Å²) in [5.41, 5.74) is 3.71. The smallest absolute Gasteiger partial charge is 0.343 e. The van der Waals surface area contributed by atoms with Gasteiger partial charge in [0.15, 0.2) is 0 Å². The molecule has 0 aliphatic heterocycles. The number of carbonyl (C=O) groups is 1. The van der Waals surface area contributed by atoms with Crippen molar-refractivity contribution in [2.24, 2.45) is 0 Å². The highest BCUT2D eigenvalue weighted by atomic mass is 16.5. The van der Waals surface area contributed by atoms with E-state index in [4.69, 9.17) is 14.2 Å². The van der Waals surface area contributed by atoms with E-state index in [1.807, 2.05) is 67.6 Å². The number of hydrogen-bond acceptors (Lipinski definition) is 4. The van der Waals surface area contributed by atoms with Crippen molar-refractivity contribution in [1.29, 1.82) is 0 Å². The maximum atomic E-state index is 12.7. The summed E-state index contributed by atoms with van der Waals surface area (Å²) in [6, 6.07) is 23.2. The van der Waals surface area contributed by atoms with Gasteiger partial charge in [0.2, 0.25) is 0 Å². The van der Waals surface area contributed by atoms with Gasteiger partial charge in [-0.15, -0.1) is 0 Å². The first kappa shape index (κ1) is 34.4. The van der Waals surface area contributed by atoms with Crippen LogP contribution in [0, 0.1) is 0 Å². The summed E-state index contributed by atoms with van der Waals surface area (Å²) in [6.07, 6.45) is 18.6. The van der Waals surface area contributed by atoms with E-state index in [0.29, 0.717) is 11.3 Å². The summed E-state index contributed by atoms with van der Waals surface area (Å²) in [4.78, 5) is 12.7. The van der Waals surface area contributed by atoms with Gasteiger partial charge in [0, 0.05) is 6.61 Å². The lowest BCUT2D eigenvalue weighted by Crippen LogP contribution is -2.08. The highest BCUT2D eigenvalue weighted by Gasteiger charge is 2.11. The Morgan fingerprint density at radius 2 is 1.05 bits per heavy atom. The van der Waals surface area contributed by atoms with Crippen LogP contribution in [0.3, 0.4) is 0 Å². The largest absolute Gasteiger partial charge is 0.494 e. The predicted octanol–water partition coefficient (Wildman–Crippen LogP) is 11.5. The van der Waals surface area contributed by atoms with Crippen LogP contribution >= 0.6 is 0 Å². The van der Waals surface area contributed by atoms with Gasteiger partial charge in [0.05, 0.1) is 18.3 Å². The van der Waals surface area contributed by atoms with E-state index in [9.17, 15) is 4.79 Å². The normalized spacial score (nSPS) is 11.8. The fraction of sp³-hybridized carbons (Fsp3) is 0.513. The third-order valence-corrected chi connectivity index (χ3v) is 7.96. The number of esters is 1. The Bertz CT molecular complexity index is 1140. The monoisotopic (exact) mass is 586 g/mol. The summed E-state index contributed by atoms with van der Waals surface area (Å²) in [6.45, 7) is 7.89. The minimum atomic E-state index is -0.369. The van der Waals surface area contributed by atoms with E-state index in [-0.39, 0.29) is 12.1 Å². The van der Waals surface area contributed by atoms with Crippen LogP contribution in [0.4, 0.5) is 0 Å². The minimum Gasteiger partial charge on any atom is -0.494 e. The van der Waals surface area contributed by atoms with Crippen LogP contribution in [0.5, 0.6) is 11.5 Å². The number of hydrogen-bond donors (Lipinski definition) is 0. The summed E-state index contributed by atoms with van der Waals surface area (Å²) < 4.78 is 17.3. The van der Waals surface area contributed by atoms with Crippen LogP contribution in [0.1, 0.15) is 133 Å². The molecule has 1 unspecified atom stereocenters. The van der Waals surface area contributed by atoms with E-state index in [0.717, 1.165) is 48.5 Å². The predicted molar refractivity (Wildman–Crippen MR) is 179 cm³/mol. The Kier molecular flexibility index (Phi) is 16.6. The van der Waals surface area contributed by atoms with Crippen molar-refractivity contribution in [2.75, 3.05) is 13.2 Å². The van der Waals surface area contributed by atoms with Gasteiger partial charge >= 0.3 is 5.97 Å². The number of carbonyl (C=O) groups excluding carboxylic acids is 1. The molecule has 0 saturated carbocycles. The molecule has 4 heteroatoms. The number of benzene rings is 3. The molecule has 234 valence electrons. The first-order valence-corrected chi connectivity index (χ1v) is 16.9. The van der Waals surface area contributed by atoms with Crippen LogP contribution in [0.2, 0.25) is 0 Å². The highest BCUT2D eigenvalue weighted by Crippen LogP contribution is 2.25. The SMILES string of the molecule is CCCCCCCCCCCCCCCOc1ccc(-c2ccc(C(=O)Oc3ccc(C(C)OCCC)cc3)cc2)cc1. The molecule has 0 amide bonds. The molecule has 0 spiro atoms. The van der Waals surface area contributed by atoms with E-state index >= 15 is 0 Å². The molecular formula is C39H54O4. The van der Waals surface area contributed by atoms with Gasteiger partial charge in [-0.2, -0.15) is 0 Å². The van der Waals surface area contributed by atoms with E-state index in [1.165, 1.54) is 77.0 Å². The molecule has 4 nitrogen and oxygen atoms in total. The van der Waals surface area contributed by atoms with Crippen LogP contribution in [-0.2, 0) is 4.74 Å². The standard InChI is InChI=1S/C39H54O4/c1-4-6-7-8-9-10-11-12-13-14-15-16-17-31-42-37-26-24-35(25-27-37)34-18-20-36(21-19-34)39(40)43-38-28-22-33(23-29-38)32(3)41-30-5-2/h18-29,32H,4-17,30-31H2,1-3H3. The van der Waals surface area contributed by atoms with Crippen LogP contribution in [0.15, 0.2) is 72.8 Å². The van der Waals surface area contributed by atoms with Crippen molar-refractivity contribution in [3.8, 4) is 22.6 Å². The molecule has 0 bridgehead atoms. The lowest BCUT2D eigenvalue weighted by Gasteiger charge is -2.13. The van der Waals surface area contributed by atoms with Crippen molar-refractivity contribution in [1.82, 2.24) is 0 Å². The molecule has 0 N–H and O–H groups in total. The molecular weight excluding hydrogens is 532 g/mol. The van der Waals surface area contributed by atoms with Crippen molar-refractivity contribution < 1.29 is 19.0 Å².